The van der Waals surface area contributed by atoms with E-state index in [2.05, 4.69) is 5.32 Å². The SMILES string of the molecule is CNCCCN(C)C(=O)N(C)C(C)C(=O)O. The number of hydrogen-bond acceptors (Lipinski definition) is 3. The van der Waals surface area contributed by atoms with Gasteiger partial charge in [0.2, 0.25) is 0 Å². The molecular formula is C10H21N3O3. The quantitative estimate of drug-likeness (QED) is 0.634. The molecule has 6 heteroatoms. The van der Waals surface area contributed by atoms with Crippen molar-refractivity contribution in [2.24, 2.45) is 0 Å². The minimum absolute atomic E-state index is 0.272. The molecule has 0 fully saturated rings. The van der Waals surface area contributed by atoms with E-state index in [1.54, 1.807) is 7.05 Å². The lowest BCUT2D eigenvalue weighted by Gasteiger charge is -2.27. The monoisotopic (exact) mass is 231 g/mol. The van der Waals surface area contributed by atoms with E-state index in [9.17, 15) is 9.59 Å². The summed E-state index contributed by atoms with van der Waals surface area (Å²) in [5.74, 6) is -1.00. The molecule has 0 aliphatic carbocycles. The van der Waals surface area contributed by atoms with Crippen LogP contribution in [0.15, 0.2) is 0 Å². The van der Waals surface area contributed by atoms with Crippen LogP contribution in [0.5, 0.6) is 0 Å². The maximum atomic E-state index is 11.8. The van der Waals surface area contributed by atoms with Gasteiger partial charge in [0, 0.05) is 20.6 Å². The van der Waals surface area contributed by atoms with Crippen molar-refractivity contribution in [3.8, 4) is 0 Å². The Balaban J connectivity index is 4.16. The molecule has 0 aliphatic heterocycles. The van der Waals surface area contributed by atoms with E-state index in [1.807, 2.05) is 7.05 Å². The molecule has 1 unspecified atom stereocenters. The molecule has 2 N–H and O–H groups in total. The normalized spacial score (nSPS) is 12.0. The summed E-state index contributed by atoms with van der Waals surface area (Å²) < 4.78 is 0. The number of carboxylic acids is 1. The number of likely N-dealkylation sites (N-methyl/N-ethyl adjacent to an activating group) is 1. The van der Waals surface area contributed by atoms with Crippen LogP contribution in [0.4, 0.5) is 4.79 Å². The van der Waals surface area contributed by atoms with Crippen LogP contribution < -0.4 is 5.32 Å². The van der Waals surface area contributed by atoms with Crippen molar-refractivity contribution in [2.75, 3.05) is 34.2 Å². The summed E-state index contributed by atoms with van der Waals surface area (Å²) in [4.78, 5) is 25.2. The van der Waals surface area contributed by atoms with E-state index >= 15 is 0 Å². The molecule has 0 spiro atoms. The number of aliphatic carboxylic acids is 1. The number of rotatable bonds is 6. The molecule has 0 aromatic carbocycles. The highest BCUT2D eigenvalue weighted by atomic mass is 16.4. The van der Waals surface area contributed by atoms with Gasteiger partial charge in [0.25, 0.3) is 0 Å². The molecule has 1 atom stereocenters. The Labute approximate surface area is 96.2 Å². The summed E-state index contributed by atoms with van der Waals surface area (Å²) in [5, 5.41) is 11.8. The Morgan fingerprint density at radius 3 is 2.38 bits per heavy atom. The fraction of sp³-hybridized carbons (Fsp3) is 0.800. The molecule has 0 radical (unpaired) electrons. The molecule has 6 nitrogen and oxygen atoms in total. The first-order valence-electron chi connectivity index (χ1n) is 5.27. The lowest BCUT2D eigenvalue weighted by Crippen LogP contribution is -2.46. The van der Waals surface area contributed by atoms with Gasteiger partial charge in [-0.05, 0) is 26.9 Å². The first-order valence-corrected chi connectivity index (χ1v) is 5.27. The third kappa shape index (κ3) is 4.48. The van der Waals surface area contributed by atoms with Gasteiger partial charge in [0.1, 0.15) is 6.04 Å². The maximum Gasteiger partial charge on any atom is 0.326 e. The maximum absolute atomic E-state index is 11.8. The number of amides is 2. The number of carbonyl (C=O) groups excluding carboxylic acids is 1. The van der Waals surface area contributed by atoms with Crippen molar-refractivity contribution >= 4 is 12.0 Å². The van der Waals surface area contributed by atoms with Crippen LogP contribution in [-0.4, -0.2) is 67.2 Å². The number of urea groups is 1. The van der Waals surface area contributed by atoms with E-state index in [1.165, 1.54) is 23.8 Å². The number of nitrogens with zero attached hydrogens (tertiary/aromatic N) is 2. The van der Waals surface area contributed by atoms with Crippen LogP contribution in [0.2, 0.25) is 0 Å². The van der Waals surface area contributed by atoms with Crippen LogP contribution in [0.25, 0.3) is 0 Å². The van der Waals surface area contributed by atoms with Gasteiger partial charge in [-0.1, -0.05) is 0 Å². The van der Waals surface area contributed by atoms with Gasteiger partial charge in [-0.15, -0.1) is 0 Å². The fourth-order valence-corrected chi connectivity index (χ4v) is 1.19. The Bertz CT molecular complexity index is 245. The summed E-state index contributed by atoms with van der Waals surface area (Å²) in [6.07, 6.45) is 0.841. The summed E-state index contributed by atoms with van der Waals surface area (Å²) in [5.41, 5.74) is 0. The summed E-state index contributed by atoms with van der Waals surface area (Å²) >= 11 is 0. The standard InChI is InChI=1S/C10H21N3O3/c1-8(9(14)15)13(4)10(16)12(3)7-5-6-11-2/h8,11H,5-7H2,1-4H3,(H,14,15). The van der Waals surface area contributed by atoms with Crippen LogP contribution in [0, 0.1) is 0 Å². The molecule has 2 amide bonds. The van der Waals surface area contributed by atoms with Crippen LogP contribution in [0.3, 0.4) is 0 Å². The van der Waals surface area contributed by atoms with Gasteiger partial charge in [-0.3, -0.25) is 0 Å². The van der Waals surface area contributed by atoms with E-state index in [0.29, 0.717) is 6.54 Å². The zero-order valence-corrected chi connectivity index (χ0v) is 10.4. The lowest BCUT2D eigenvalue weighted by atomic mass is 10.3. The molecular weight excluding hydrogens is 210 g/mol. The summed E-state index contributed by atoms with van der Waals surface area (Å²) in [7, 11) is 5.01. The summed E-state index contributed by atoms with van der Waals surface area (Å²) in [6.45, 7) is 2.92. The van der Waals surface area contributed by atoms with Crippen molar-refractivity contribution in [1.82, 2.24) is 15.1 Å². The number of nitrogens with one attached hydrogen (secondary N) is 1. The second-order valence-electron chi connectivity index (χ2n) is 3.79. The van der Waals surface area contributed by atoms with Crippen LogP contribution in [-0.2, 0) is 4.79 Å². The molecule has 0 aromatic heterocycles. The molecule has 0 aliphatic rings. The van der Waals surface area contributed by atoms with Gasteiger partial charge in [-0.2, -0.15) is 0 Å². The number of carbonyl (C=O) groups is 2. The Kier molecular flexibility index (Phi) is 6.48. The largest absolute Gasteiger partial charge is 0.480 e. The van der Waals surface area contributed by atoms with Crippen molar-refractivity contribution in [1.29, 1.82) is 0 Å². The molecule has 0 saturated heterocycles. The molecule has 0 saturated carbocycles. The number of hydrogen-bond donors (Lipinski definition) is 2. The average molecular weight is 231 g/mol. The highest BCUT2D eigenvalue weighted by Gasteiger charge is 2.23. The second kappa shape index (κ2) is 7.05. The molecule has 16 heavy (non-hydrogen) atoms. The molecule has 0 heterocycles. The minimum atomic E-state index is -1.00. The first kappa shape index (κ1) is 14.7. The van der Waals surface area contributed by atoms with Crippen molar-refractivity contribution in [2.45, 2.75) is 19.4 Å². The predicted octanol–water partition coefficient (Wildman–Crippen LogP) is 0.0526. The lowest BCUT2D eigenvalue weighted by molar-refractivity contribution is -0.141. The molecule has 94 valence electrons. The van der Waals surface area contributed by atoms with E-state index in [4.69, 9.17) is 5.11 Å². The highest BCUT2D eigenvalue weighted by Crippen LogP contribution is 2.01. The van der Waals surface area contributed by atoms with Gasteiger partial charge < -0.3 is 20.2 Å². The van der Waals surface area contributed by atoms with Gasteiger partial charge >= 0.3 is 12.0 Å². The molecule has 0 bridgehead atoms. The molecule has 0 rings (SSSR count). The van der Waals surface area contributed by atoms with Crippen LogP contribution in [0.1, 0.15) is 13.3 Å². The zero-order valence-electron chi connectivity index (χ0n) is 10.4. The zero-order chi connectivity index (χ0) is 12.7. The van der Waals surface area contributed by atoms with E-state index < -0.39 is 12.0 Å². The third-order valence-corrected chi connectivity index (χ3v) is 2.49. The summed E-state index contributed by atoms with van der Waals surface area (Å²) in [6, 6.07) is -1.08. The van der Waals surface area contributed by atoms with Crippen LogP contribution >= 0.6 is 0 Å². The fourth-order valence-electron chi connectivity index (χ4n) is 1.19. The smallest absolute Gasteiger partial charge is 0.326 e. The Hall–Kier alpha value is -1.30. The Morgan fingerprint density at radius 2 is 1.94 bits per heavy atom. The Morgan fingerprint density at radius 1 is 1.38 bits per heavy atom. The van der Waals surface area contributed by atoms with E-state index in [0.717, 1.165) is 13.0 Å². The predicted molar refractivity (Wildman–Crippen MR) is 61.4 cm³/mol. The third-order valence-electron chi connectivity index (χ3n) is 2.49. The van der Waals surface area contributed by atoms with Crippen molar-refractivity contribution in [3.63, 3.8) is 0 Å². The topological polar surface area (TPSA) is 72.9 Å². The first-order chi connectivity index (χ1) is 7.41. The van der Waals surface area contributed by atoms with E-state index in [-0.39, 0.29) is 6.03 Å². The number of carboxylic acid groups (broad SMARTS) is 1. The minimum Gasteiger partial charge on any atom is -0.480 e. The van der Waals surface area contributed by atoms with Crippen molar-refractivity contribution < 1.29 is 14.7 Å². The van der Waals surface area contributed by atoms with Gasteiger partial charge in [-0.25, -0.2) is 9.59 Å². The van der Waals surface area contributed by atoms with Crippen molar-refractivity contribution in [3.05, 3.63) is 0 Å². The van der Waals surface area contributed by atoms with Gasteiger partial charge in [0.05, 0.1) is 0 Å². The van der Waals surface area contributed by atoms with Gasteiger partial charge in [0.15, 0.2) is 0 Å². The molecule has 0 aromatic rings. The second-order valence-corrected chi connectivity index (χ2v) is 3.79. The highest BCUT2D eigenvalue weighted by molar-refractivity contribution is 5.82. The average Bonchev–Trinajstić information content (AvgIpc) is 2.26.